The van der Waals surface area contributed by atoms with Crippen molar-refractivity contribution in [1.29, 1.82) is 0 Å². The van der Waals surface area contributed by atoms with Crippen LogP contribution >= 0.6 is 11.6 Å². The number of halogens is 1. The lowest BCUT2D eigenvalue weighted by Gasteiger charge is -2.16. The van der Waals surface area contributed by atoms with Crippen molar-refractivity contribution in [2.45, 2.75) is 64.6 Å². The molecule has 0 saturated heterocycles. The van der Waals surface area contributed by atoms with Crippen LogP contribution < -0.4 is 0 Å². The van der Waals surface area contributed by atoms with Gasteiger partial charge in [-0.15, -0.1) is 11.6 Å². The molecule has 0 amide bonds. The molecule has 0 rings (SSSR count). The van der Waals surface area contributed by atoms with E-state index in [9.17, 15) is 0 Å². The Balaban J connectivity index is 2.99. The highest BCUT2D eigenvalue weighted by Gasteiger charge is 2.12. The van der Waals surface area contributed by atoms with E-state index in [-0.39, 0.29) is 0 Å². The SMILES string of the molecule is C[Si](C)(C)OCCCCCCCCCCl. The van der Waals surface area contributed by atoms with Gasteiger partial charge in [-0.2, -0.15) is 0 Å². The van der Waals surface area contributed by atoms with Crippen LogP contribution in [0.5, 0.6) is 0 Å². The third-order valence-corrected chi connectivity index (χ3v) is 3.65. The van der Waals surface area contributed by atoms with Gasteiger partial charge >= 0.3 is 0 Å². The first-order valence-corrected chi connectivity index (χ1v) is 10.2. The first-order valence-electron chi connectivity index (χ1n) is 6.26. The number of hydrogen-bond donors (Lipinski definition) is 0. The molecule has 0 atom stereocenters. The average Bonchev–Trinajstić information content (AvgIpc) is 2.14. The predicted octanol–water partition coefficient (Wildman–Crippen LogP) is 4.81. The fourth-order valence-electron chi connectivity index (χ4n) is 1.46. The monoisotopic (exact) mass is 250 g/mol. The fourth-order valence-corrected chi connectivity index (χ4v) is 2.40. The van der Waals surface area contributed by atoms with E-state index in [0.717, 1.165) is 12.5 Å². The zero-order valence-corrected chi connectivity index (χ0v) is 12.4. The second kappa shape index (κ2) is 9.68. The van der Waals surface area contributed by atoms with Crippen molar-refractivity contribution >= 4 is 19.9 Å². The molecule has 1 nitrogen and oxygen atoms in total. The van der Waals surface area contributed by atoms with Crippen LogP contribution in [0.3, 0.4) is 0 Å². The van der Waals surface area contributed by atoms with E-state index in [1.54, 1.807) is 0 Å². The summed E-state index contributed by atoms with van der Waals surface area (Å²) in [6.45, 7) is 7.72. The van der Waals surface area contributed by atoms with Gasteiger partial charge in [-0.25, -0.2) is 0 Å². The average molecular weight is 251 g/mol. The van der Waals surface area contributed by atoms with Gasteiger partial charge in [-0.05, 0) is 32.5 Å². The highest BCUT2D eigenvalue weighted by Crippen LogP contribution is 2.09. The van der Waals surface area contributed by atoms with Gasteiger partial charge in [-0.3, -0.25) is 0 Å². The van der Waals surface area contributed by atoms with Crippen LogP contribution in [0.25, 0.3) is 0 Å². The molecular formula is C12H27ClOSi. The topological polar surface area (TPSA) is 9.23 Å². The summed E-state index contributed by atoms with van der Waals surface area (Å²) in [5.41, 5.74) is 0. The van der Waals surface area contributed by atoms with Gasteiger partial charge < -0.3 is 4.43 Å². The first-order chi connectivity index (χ1) is 7.06. The third-order valence-electron chi connectivity index (χ3n) is 2.31. The van der Waals surface area contributed by atoms with Crippen molar-refractivity contribution in [3.05, 3.63) is 0 Å². The largest absolute Gasteiger partial charge is 0.418 e. The molecule has 0 radical (unpaired) electrons. The molecule has 0 aromatic carbocycles. The Morgan fingerprint density at radius 2 is 1.27 bits per heavy atom. The molecule has 0 aliphatic heterocycles. The molecule has 3 heteroatoms. The molecule has 0 heterocycles. The van der Waals surface area contributed by atoms with Crippen LogP contribution in [0.15, 0.2) is 0 Å². The predicted molar refractivity (Wildman–Crippen MR) is 72.3 cm³/mol. The second-order valence-electron chi connectivity index (χ2n) is 5.12. The quantitative estimate of drug-likeness (QED) is 0.307. The Labute approximate surface area is 102 Å². The van der Waals surface area contributed by atoms with Crippen molar-refractivity contribution in [1.82, 2.24) is 0 Å². The summed E-state index contributed by atoms with van der Waals surface area (Å²) in [6.07, 6.45) is 9.11. The van der Waals surface area contributed by atoms with Gasteiger partial charge in [0.25, 0.3) is 0 Å². The van der Waals surface area contributed by atoms with Crippen LogP contribution in [0.2, 0.25) is 19.6 Å². The summed E-state index contributed by atoms with van der Waals surface area (Å²) in [7, 11) is -1.26. The molecule has 0 aliphatic rings. The second-order valence-corrected chi connectivity index (χ2v) is 10.0. The molecular weight excluding hydrogens is 224 g/mol. The van der Waals surface area contributed by atoms with Gasteiger partial charge in [-0.1, -0.05) is 32.1 Å². The Hall–Kier alpha value is 0.467. The van der Waals surface area contributed by atoms with Gasteiger partial charge in [0.15, 0.2) is 8.32 Å². The lowest BCUT2D eigenvalue weighted by molar-refractivity contribution is 0.298. The van der Waals surface area contributed by atoms with Crippen LogP contribution in [-0.4, -0.2) is 20.8 Å². The molecule has 0 spiro atoms. The number of unbranched alkanes of at least 4 members (excludes halogenated alkanes) is 6. The zero-order valence-electron chi connectivity index (χ0n) is 10.7. The standard InChI is InChI=1S/C12H27ClOSi/c1-15(2,3)14-12-10-8-6-4-5-7-9-11-13/h4-12H2,1-3H3. The maximum Gasteiger partial charge on any atom is 0.183 e. The van der Waals surface area contributed by atoms with E-state index in [2.05, 4.69) is 19.6 Å². The van der Waals surface area contributed by atoms with Gasteiger partial charge in [0.05, 0.1) is 0 Å². The minimum absolute atomic E-state index is 0.823. The van der Waals surface area contributed by atoms with Crippen molar-refractivity contribution in [2.24, 2.45) is 0 Å². The summed E-state index contributed by atoms with van der Waals surface area (Å²) in [4.78, 5) is 0. The highest BCUT2D eigenvalue weighted by molar-refractivity contribution is 6.69. The number of rotatable bonds is 10. The molecule has 15 heavy (non-hydrogen) atoms. The summed E-state index contributed by atoms with van der Waals surface area (Å²) in [5, 5.41) is 0. The van der Waals surface area contributed by atoms with E-state index in [1.165, 1.54) is 44.9 Å². The summed E-state index contributed by atoms with van der Waals surface area (Å²) in [5.74, 6) is 0.823. The van der Waals surface area contributed by atoms with E-state index in [1.807, 2.05) is 0 Å². The Morgan fingerprint density at radius 1 is 0.800 bits per heavy atom. The zero-order chi connectivity index (χ0) is 11.6. The van der Waals surface area contributed by atoms with E-state index in [4.69, 9.17) is 16.0 Å². The Kier molecular flexibility index (Phi) is 9.98. The minimum Gasteiger partial charge on any atom is -0.418 e. The van der Waals surface area contributed by atoms with Gasteiger partial charge in [0, 0.05) is 12.5 Å². The van der Waals surface area contributed by atoms with Crippen LogP contribution in [0.4, 0.5) is 0 Å². The van der Waals surface area contributed by atoms with Crippen molar-refractivity contribution in [3.8, 4) is 0 Å². The molecule has 0 bridgehead atoms. The van der Waals surface area contributed by atoms with E-state index in [0.29, 0.717) is 0 Å². The smallest absolute Gasteiger partial charge is 0.183 e. The molecule has 0 aromatic rings. The summed E-state index contributed by atoms with van der Waals surface area (Å²) >= 11 is 5.61. The van der Waals surface area contributed by atoms with E-state index >= 15 is 0 Å². The van der Waals surface area contributed by atoms with Gasteiger partial charge in [0.2, 0.25) is 0 Å². The minimum atomic E-state index is -1.26. The van der Waals surface area contributed by atoms with Gasteiger partial charge in [0.1, 0.15) is 0 Å². The van der Waals surface area contributed by atoms with Crippen LogP contribution in [0.1, 0.15) is 44.9 Å². The molecule has 92 valence electrons. The lowest BCUT2D eigenvalue weighted by Crippen LogP contribution is -2.25. The first kappa shape index (κ1) is 15.5. The summed E-state index contributed by atoms with van der Waals surface area (Å²) in [6, 6.07) is 0. The molecule has 0 unspecified atom stereocenters. The van der Waals surface area contributed by atoms with Crippen LogP contribution in [-0.2, 0) is 4.43 Å². The highest BCUT2D eigenvalue weighted by atomic mass is 35.5. The number of hydrogen-bond acceptors (Lipinski definition) is 1. The fraction of sp³-hybridized carbons (Fsp3) is 1.00. The molecule has 0 aromatic heterocycles. The van der Waals surface area contributed by atoms with Crippen LogP contribution in [0, 0.1) is 0 Å². The summed E-state index contributed by atoms with van der Waals surface area (Å²) < 4.78 is 5.80. The maximum atomic E-state index is 5.80. The van der Waals surface area contributed by atoms with E-state index < -0.39 is 8.32 Å². The third kappa shape index (κ3) is 14.5. The Morgan fingerprint density at radius 3 is 1.73 bits per heavy atom. The van der Waals surface area contributed by atoms with Crippen molar-refractivity contribution in [3.63, 3.8) is 0 Å². The normalized spacial score (nSPS) is 12.0. The van der Waals surface area contributed by atoms with Crippen molar-refractivity contribution in [2.75, 3.05) is 12.5 Å². The molecule has 0 N–H and O–H groups in total. The van der Waals surface area contributed by atoms with Crippen molar-refractivity contribution < 1.29 is 4.43 Å². The molecule has 0 fully saturated rings. The maximum absolute atomic E-state index is 5.80. The Bertz CT molecular complexity index is 134. The molecule has 0 aliphatic carbocycles. The number of alkyl halides is 1. The lowest BCUT2D eigenvalue weighted by atomic mass is 10.1. The molecule has 0 saturated carbocycles.